The van der Waals surface area contributed by atoms with Crippen LogP contribution < -0.4 is 15.5 Å². The molecule has 3 amide bonds. The first kappa shape index (κ1) is 20.4. The first-order chi connectivity index (χ1) is 15.0. The third-order valence-electron chi connectivity index (χ3n) is 7.05. The molecule has 3 aliphatic heterocycles. The number of imide groups is 1. The Morgan fingerprint density at radius 1 is 1.06 bits per heavy atom. The van der Waals surface area contributed by atoms with Crippen LogP contribution in [0.25, 0.3) is 10.9 Å². The Balaban J connectivity index is 1.37. The molecule has 3 saturated heterocycles. The molecule has 0 radical (unpaired) electrons. The Morgan fingerprint density at radius 2 is 1.81 bits per heavy atom. The number of nitrogens with zero attached hydrogens (tertiary/aromatic N) is 4. The first-order valence-corrected chi connectivity index (χ1v) is 11.2. The Labute approximate surface area is 180 Å². The van der Waals surface area contributed by atoms with Gasteiger partial charge in [-0.1, -0.05) is 0 Å². The van der Waals surface area contributed by atoms with Gasteiger partial charge < -0.3 is 10.2 Å². The highest BCUT2D eigenvalue weighted by molar-refractivity contribution is 6.08. The van der Waals surface area contributed by atoms with Crippen molar-refractivity contribution < 1.29 is 14.0 Å². The number of hydrogen-bond acceptors (Lipinski definition) is 5. The van der Waals surface area contributed by atoms with E-state index in [-0.39, 0.29) is 30.6 Å². The fraction of sp³-hybridized carbons (Fsp3) is 0.591. The number of fused-ring (bicyclic) bond motifs is 1. The van der Waals surface area contributed by atoms with E-state index in [9.17, 15) is 9.59 Å². The van der Waals surface area contributed by atoms with Gasteiger partial charge in [-0.15, -0.1) is 0 Å². The van der Waals surface area contributed by atoms with Gasteiger partial charge in [-0.05, 0) is 75.5 Å². The van der Waals surface area contributed by atoms with Crippen LogP contribution in [0.4, 0.5) is 15.0 Å². The summed E-state index contributed by atoms with van der Waals surface area (Å²) in [5.74, 6) is 0.0478. The molecule has 0 saturated carbocycles. The van der Waals surface area contributed by atoms with Crippen molar-refractivity contribution in [3.8, 4) is 0 Å². The number of hydrogen-bond donors (Lipinski definition) is 2. The predicted octanol–water partition coefficient (Wildman–Crippen LogP) is 2.09. The zero-order valence-corrected chi connectivity index (χ0v) is 17.9. The number of aryl methyl sites for hydroxylation is 1. The monoisotopic (exact) mass is 428 g/mol. The van der Waals surface area contributed by atoms with Crippen LogP contribution in [0.5, 0.6) is 0 Å². The number of aromatic nitrogens is 2. The van der Waals surface area contributed by atoms with Crippen molar-refractivity contribution in [2.75, 3.05) is 37.6 Å². The minimum Gasteiger partial charge on any atom is -0.317 e. The van der Waals surface area contributed by atoms with Gasteiger partial charge in [-0.25, -0.2) is 9.18 Å². The zero-order chi connectivity index (χ0) is 21.5. The highest BCUT2D eigenvalue weighted by atomic mass is 19.1. The quantitative estimate of drug-likeness (QED) is 0.782. The normalized spacial score (nSPS) is 22.3. The molecule has 0 unspecified atom stereocenters. The Morgan fingerprint density at radius 3 is 2.52 bits per heavy atom. The lowest BCUT2D eigenvalue weighted by Gasteiger charge is -2.39. The molecule has 4 heterocycles. The van der Waals surface area contributed by atoms with Crippen LogP contribution in [0.1, 0.15) is 43.6 Å². The van der Waals surface area contributed by atoms with E-state index in [4.69, 9.17) is 0 Å². The van der Waals surface area contributed by atoms with E-state index in [0.717, 1.165) is 50.1 Å². The third kappa shape index (κ3) is 3.80. The molecule has 5 rings (SSSR count). The lowest BCUT2D eigenvalue weighted by Crippen LogP contribution is -2.49. The lowest BCUT2D eigenvalue weighted by molar-refractivity contribution is -0.120. The predicted molar refractivity (Wildman–Crippen MR) is 116 cm³/mol. The van der Waals surface area contributed by atoms with E-state index in [2.05, 4.69) is 20.6 Å². The third-order valence-corrected chi connectivity index (χ3v) is 7.05. The number of urea groups is 1. The highest BCUT2D eigenvalue weighted by Crippen LogP contribution is 2.36. The molecule has 2 N–H and O–H groups in total. The van der Waals surface area contributed by atoms with Crippen LogP contribution in [0.2, 0.25) is 0 Å². The van der Waals surface area contributed by atoms with E-state index >= 15 is 4.39 Å². The van der Waals surface area contributed by atoms with Gasteiger partial charge in [-0.3, -0.25) is 19.7 Å². The largest absolute Gasteiger partial charge is 0.329 e. The Hall–Kier alpha value is -2.52. The number of rotatable bonds is 3. The number of amides is 3. The van der Waals surface area contributed by atoms with Gasteiger partial charge in [0, 0.05) is 31.4 Å². The van der Waals surface area contributed by atoms with Crippen LogP contribution in [0.3, 0.4) is 0 Å². The van der Waals surface area contributed by atoms with Crippen LogP contribution in [-0.2, 0) is 11.8 Å². The van der Waals surface area contributed by atoms with Crippen molar-refractivity contribution in [2.24, 2.45) is 7.05 Å². The van der Waals surface area contributed by atoms with Crippen molar-refractivity contribution in [2.45, 2.75) is 44.1 Å². The topological polar surface area (TPSA) is 82.5 Å². The Bertz CT molecular complexity index is 1010. The van der Waals surface area contributed by atoms with Gasteiger partial charge in [0.15, 0.2) is 5.82 Å². The number of piperidine rings is 2. The molecule has 1 aromatic heterocycles. The van der Waals surface area contributed by atoms with Crippen molar-refractivity contribution in [1.29, 1.82) is 0 Å². The number of carbonyl (C=O) groups excluding carboxylic acids is 2. The average Bonchev–Trinajstić information content (AvgIpc) is 3.09. The van der Waals surface area contributed by atoms with Crippen LogP contribution in [-0.4, -0.2) is 65.4 Å². The first-order valence-electron chi connectivity index (χ1n) is 11.2. The summed E-state index contributed by atoms with van der Waals surface area (Å²) < 4.78 is 16.9. The van der Waals surface area contributed by atoms with Crippen molar-refractivity contribution in [3.63, 3.8) is 0 Å². The number of anilines is 1. The van der Waals surface area contributed by atoms with Gasteiger partial charge >= 0.3 is 6.03 Å². The van der Waals surface area contributed by atoms with Crippen molar-refractivity contribution in [1.82, 2.24) is 25.3 Å². The molecule has 2 aromatic rings. The van der Waals surface area contributed by atoms with E-state index in [0.29, 0.717) is 17.2 Å². The van der Waals surface area contributed by atoms with Crippen molar-refractivity contribution in [3.05, 3.63) is 23.5 Å². The average molecular weight is 429 g/mol. The van der Waals surface area contributed by atoms with Crippen LogP contribution in [0.15, 0.2) is 12.1 Å². The summed E-state index contributed by atoms with van der Waals surface area (Å²) in [4.78, 5) is 27.7. The summed E-state index contributed by atoms with van der Waals surface area (Å²) in [6.45, 7) is 4.43. The summed E-state index contributed by atoms with van der Waals surface area (Å²) in [7, 11) is 1.81. The van der Waals surface area contributed by atoms with Crippen LogP contribution >= 0.6 is 0 Å². The van der Waals surface area contributed by atoms with Gasteiger partial charge in [0.25, 0.3) is 0 Å². The molecule has 9 heteroatoms. The van der Waals surface area contributed by atoms with Crippen LogP contribution in [0, 0.1) is 5.82 Å². The second kappa shape index (κ2) is 8.20. The summed E-state index contributed by atoms with van der Waals surface area (Å²) in [5.41, 5.74) is 1.54. The molecule has 0 aliphatic carbocycles. The smallest absolute Gasteiger partial charge is 0.317 e. The SMILES string of the molecule is Cn1nc(N2CCC(=O)NC2=O)c2cc(F)c(C3CCN(C4CCNCC4)CC3)cc21. The molecule has 3 aliphatic rings. The minimum absolute atomic E-state index is 0.191. The van der Waals surface area contributed by atoms with E-state index < -0.39 is 6.03 Å². The molecule has 0 bridgehead atoms. The summed E-state index contributed by atoms with van der Waals surface area (Å²) >= 11 is 0. The fourth-order valence-corrected chi connectivity index (χ4v) is 5.30. The maximum absolute atomic E-state index is 15.2. The number of likely N-dealkylation sites (tertiary alicyclic amines) is 1. The maximum Gasteiger partial charge on any atom is 0.329 e. The van der Waals surface area contributed by atoms with E-state index in [1.165, 1.54) is 23.8 Å². The second-order valence-electron chi connectivity index (χ2n) is 8.88. The van der Waals surface area contributed by atoms with Gasteiger partial charge in [0.1, 0.15) is 5.82 Å². The Kier molecular flexibility index (Phi) is 5.39. The lowest BCUT2D eigenvalue weighted by atomic mass is 9.87. The summed E-state index contributed by atoms with van der Waals surface area (Å²) in [5, 5.41) is 10.8. The zero-order valence-electron chi connectivity index (χ0n) is 17.9. The highest BCUT2D eigenvalue weighted by Gasteiger charge is 2.31. The molecule has 3 fully saturated rings. The number of halogens is 1. The molecule has 166 valence electrons. The summed E-state index contributed by atoms with van der Waals surface area (Å²) in [6, 6.07) is 3.55. The maximum atomic E-state index is 15.2. The molecule has 0 atom stereocenters. The second-order valence-corrected chi connectivity index (χ2v) is 8.88. The van der Waals surface area contributed by atoms with Gasteiger partial charge in [-0.2, -0.15) is 5.10 Å². The molecule has 8 nitrogen and oxygen atoms in total. The minimum atomic E-state index is -0.508. The standard InChI is InChI=1S/C22H29FN6O2/c1-27-19-13-16(14-4-9-28(10-5-14)15-2-7-24-8-3-15)18(23)12-17(19)21(26-27)29-11-6-20(30)25-22(29)31/h12-15,24H,2-11H2,1H3,(H,25,30,31). The van der Waals surface area contributed by atoms with E-state index in [1.807, 2.05) is 6.07 Å². The van der Waals surface area contributed by atoms with Gasteiger partial charge in [0.2, 0.25) is 5.91 Å². The van der Waals surface area contributed by atoms with Gasteiger partial charge in [0.05, 0.1) is 5.52 Å². The number of nitrogens with one attached hydrogen (secondary N) is 2. The van der Waals surface area contributed by atoms with Crippen molar-refractivity contribution >= 4 is 28.7 Å². The molecule has 31 heavy (non-hydrogen) atoms. The summed E-state index contributed by atoms with van der Waals surface area (Å²) in [6.07, 6.45) is 4.50. The number of benzene rings is 1. The number of carbonyl (C=O) groups is 2. The van der Waals surface area contributed by atoms with E-state index in [1.54, 1.807) is 11.7 Å². The molecular formula is C22H29FN6O2. The molecular weight excluding hydrogens is 399 g/mol. The molecule has 1 aromatic carbocycles. The molecule has 0 spiro atoms. The fourth-order valence-electron chi connectivity index (χ4n) is 5.30.